The lowest BCUT2D eigenvalue weighted by Gasteiger charge is -2.32. The molecule has 0 aromatic heterocycles. The molecule has 0 radical (unpaired) electrons. The number of nitrogens with one attached hydrogen (secondary N) is 1. The SMILES string of the molecule is Cc1cccc(NC2CCCCC2CN)c1Br. The number of nitrogens with two attached hydrogens (primary N) is 1. The largest absolute Gasteiger partial charge is 0.381 e. The molecule has 3 N–H and O–H groups in total. The first-order valence-corrected chi connectivity index (χ1v) is 7.23. The van der Waals surface area contributed by atoms with Crippen molar-refractivity contribution in [2.75, 3.05) is 11.9 Å². The Labute approximate surface area is 112 Å². The Balaban J connectivity index is 2.11. The van der Waals surface area contributed by atoms with Gasteiger partial charge in [0.2, 0.25) is 0 Å². The summed E-state index contributed by atoms with van der Waals surface area (Å²) < 4.78 is 1.18. The first kappa shape index (κ1) is 12.9. The van der Waals surface area contributed by atoms with Gasteiger partial charge in [0.15, 0.2) is 0 Å². The van der Waals surface area contributed by atoms with E-state index in [1.54, 1.807) is 0 Å². The average molecular weight is 297 g/mol. The van der Waals surface area contributed by atoms with E-state index in [2.05, 4.69) is 46.4 Å². The van der Waals surface area contributed by atoms with E-state index in [1.807, 2.05) is 0 Å². The van der Waals surface area contributed by atoms with E-state index in [9.17, 15) is 0 Å². The molecule has 2 unspecified atom stereocenters. The molecule has 3 heteroatoms. The van der Waals surface area contributed by atoms with Crippen LogP contribution in [0, 0.1) is 12.8 Å². The molecule has 1 aromatic carbocycles. The fourth-order valence-electron chi connectivity index (χ4n) is 2.64. The third-order valence-electron chi connectivity index (χ3n) is 3.74. The van der Waals surface area contributed by atoms with Gasteiger partial charge in [-0.2, -0.15) is 0 Å². The maximum absolute atomic E-state index is 5.86. The summed E-state index contributed by atoms with van der Waals surface area (Å²) >= 11 is 3.66. The van der Waals surface area contributed by atoms with Crippen molar-refractivity contribution in [3.63, 3.8) is 0 Å². The number of rotatable bonds is 3. The molecule has 2 nitrogen and oxygen atoms in total. The smallest absolute Gasteiger partial charge is 0.0489 e. The number of anilines is 1. The summed E-state index contributed by atoms with van der Waals surface area (Å²) in [5, 5.41) is 3.66. The lowest BCUT2D eigenvalue weighted by molar-refractivity contribution is 0.332. The Morgan fingerprint density at radius 3 is 2.88 bits per heavy atom. The summed E-state index contributed by atoms with van der Waals surface area (Å²) in [6, 6.07) is 6.89. The van der Waals surface area contributed by atoms with Crippen LogP contribution in [-0.4, -0.2) is 12.6 Å². The van der Waals surface area contributed by atoms with Crippen molar-refractivity contribution in [2.45, 2.75) is 38.6 Å². The summed E-state index contributed by atoms with van der Waals surface area (Å²) in [5.41, 5.74) is 8.34. The van der Waals surface area contributed by atoms with Crippen LogP contribution in [0.4, 0.5) is 5.69 Å². The second-order valence-corrected chi connectivity index (χ2v) is 5.76. The second-order valence-electron chi connectivity index (χ2n) is 4.97. The van der Waals surface area contributed by atoms with Gasteiger partial charge in [0, 0.05) is 16.2 Å². The Bertz CT molecular complexity index is 378. The van der Waals surface area contributed by atoms with Crippen molar-refractivity contribution in [1.29, 1.82) is 0 Å². The highest BCUT2D eigenvalue weighted by Crippen LogP contribution is 2.31. The van der Waals surface area contributed by atoms with Crippen molar-refractivity contribution in [2.24, 2.45) is 11.7 Å². The van der Waals surface area contributed by atoms with Crippen LogP contribution in [0.3, 0.4) is 0 Å². The van der Waals surface area contributed by atoms with Gasteiger partial charge in [0.25, 0.3) is 0 Å². The van der Waals surface area contributed by atoms with Crippen LogP contribution in [-0.2, 0) is 0 Å². The molecule has 0 saturated heterocycles. The Morgan fingerprint density at radius 1 is 1.35 bits per heavy atom. The topological polar surface area (TPSA) is 38.0 Å². The van der Waals surface area contributed by atoms with Crippen LogP contribution in [0.2, 0.25) is 0 Å². The minimum absolute atomic E-state index is 0.534. The maximum atomic E-state index is 5.86. The van der Waals surface area contributed by atoms with Crippen LogP contribution in [0.5, 0.6) is 0 Å². The maximum Gasteiger partial charge on any atom is 0.0489 e. The Kier molecular flexibility index (Phi) is 4.46. The molecule has 17 heavy (non-hydrogen) atoms. The summed E-state index contributed by atoms with van der Waals surface area (Å²) in [6.45, 7) is 2.91. The van der Waals surface area contributed by atoms with Crippen LogP contribution in [0.15, 0.2) is 22.7 Å². The number of benzene rings is 1. The average Bonchev–Trinajstić information content (AvgIpc) is 2.35. The van der Waals surface area contributed by atoms with Crippen LogP contribution in [0.25, 0.3) is 0 Å². The lowest BCUT2D eigenvalue weighted by Crippen LogP contribution is -2.36. The van der Waals surface area contributed by atoms with Crippen molar-refractivity contribution in [3.8, 4) is 0 Å². The molecule has 1 aliphatic carbocycles. The number of hydrogen-bond donors (Lipinski definition) is 2. The van der Waals surface area contributed by atoms with Gasteiger partial charge in [-0.1, -0.05) is 25.0 Å². The van der Waals surface area contributed by atoms with Gasteiger partial charge in [-0.15, -0.1) is 0 Å². The standard InChI is InChI=1S/C14H21BrN2/c1-10-5-4-8-13(14(10)15)17-12-7-3-2-6-11(12)9-16/h4-5,8,11-12,17H,2-3,6-7,9,16H2,1H3. The molecule has 2 atom stereocenters. The summed E-state index contributed by atoms with van der Waals surface area (Å²) in [7, 11) is 0. The fourth-order valence-corrected chi connectivity index (χ4v) is 3.02. The lowest BCUT2D eigenvalue weighted by atomic mass is 9.84. The molecule has 1 aromatic rings. The summed E-state index contributed by atoms with van der Waals surface area (Å²) in [5.74, 6) is 0.621. The summed E-state index contributed by atoms with van der Waals surface area (Å²) in [4.78, 5) is 0. The molecule has 0 amide bonds. The monoisotopic (exact) mass is 296 g/mol. The first-order valence-electron chi connectivity index (χ1n) is 6.44. The minimum Gasteiger partial charge on any atom is -0.381 e. The highest BCUT2D eigenvalue weighted by molar-refractivity contribution is 9.10. The van der Waals surface area contributed by atoms with Gasteiger partial charge in [-0.3, -0.25) is 0 Å². The molecule has 1 saturated carbocycles. The van der Waals surface area contributed by atoms with E-state index >= 15 is 0 Å². The summed E-state index contributed by atoms with van der Waals surface area (Å²) in [6.07, 6.45) is 5.15. The Hall–Kier alpha value is -0.540. The molecule has 94 valence electrons. The van der Waals surface area contributed by atoms with Gasteiger partial charge in [-0.05, 0) is 59.8 Å². The van der Waals surface area contributed by atoms with E-state index in [-0.39, 0.29) is 0 Å². The third-order valence-corrected chi connectivity index (χ3v) is 4.80. The minimum atomic E-state index is 0.534. The van der Waals surface area contributed by atoms with Gasteiger partial charge < -0.3 is 11.1 Å². The van der Waals surface area contributed by atoms with Crippen LogP contribution in [0.1, 0.15) is 31.2 Å². The molecule has 1 fully saturated rings. The van der Waals surface area contributed by atoms with Gasteiger partial charge >= 0.3 is 0 Å². The van der Waals surface area contributed by atoms with Crippen molar-refractivity contribution >= 4 is 21.6 Å². The van der Waals surface area contributed by atoms with Crippen molar-refractivity contribution in [1.82, 2.24) is 0 Å². The zero-order valence-electron chi connectivity index (χ0n) is 10.4. The van der Waals surface area contributed by atoms with Crippen molar-refractivity contribution in [3.05, 3.63) is 28.2 Å². The fraction of sp³-hybridized carbons (Fsp3) is 0.571. The molecule has 2 rings (SSSR count). The molecular weight excluding hydrogens is 276 g/mol. The zero-order valence-corrected chi connectivity index (χ0v) is 12.0. The van der Waals surface area contributed by atoms with Gasteiger partial charge in [-0.25, -0.2) is 0 Å². The number of halogens is 1. The van der Waals surface area contributed by atoms with E-state index in [0.29, 0.717) is 12.0 Å². The highest BCUT2D eigenvalue weighted by atomic mass is 79.9. The molecule has 0 bridgehead atoms. The normalized spacial score (nSPS) is 24.6. The predicted octanol–water partition coefficient (Wildman–Crippen LogP) is 3.69. The zero-order chi connectivity index (χ0) is 12.3. The molecule has 0 aliphatic heterocycles. The number of hydrogen-bond acceptors (Lipinski definition) is 2. The highest BCUT2D eigenvalue weighted by Gasteiger charge is 2.24. The van der Waals surface area contributed by atoms with E-state index < -0.39 is 0 Å². The predicted molar refractivity (Wildman–Crippen MR) is 77.3 cm³/mol. The van der Waals surface area contributed by atoms with Crippen LogP contribution >= 0.6 is 15.9 Å². The molecule has 0 heterocycles. The molecule has 0 spiro atoms. The third kappa shape index (κ3) is 3.02. The van der Waals surface area contributed by atoms with E-state index in [1.165, 1.54) is 41.4 Å². The molecule has 1 aliphatic rings. The molecular formula is C14H21BrN2. The van der Waals surface area contributed by atoms with Crippen LogP contribution < -0.4 is 11.1 Å². The van der Waals surface area contributed by atoms with Gasteiger partial charge in [0.1, 0.15) is 0 Å². The first-order chi connectivity index (χ1) is 8.22. The quantitative estimate of drug-likeness (QED) is 0.893. The second kappa shape index (κ2) is 5.87. The number of aryl methyl sites for hydroxylation is 1. The Morgan fingerprint density at radius 2 is 2.12 bits per heavy atom. The van der Waals surface area contributed by atoms with E-state index in [4.69, 9.17) is 5.73 Å². The van der Waals surface area contributed by atoms with E-state index in [0.717, 1.165) is 6.54 Å². The van der Waals surface area contributed by atoms with Crippen molar-refractivity contribution < 1.29 is 0 Å². The van der Waals surface area contributed by atoms with Gasteiger partial charge in [0.05, 0.1) is 0 Å².